The van der Waals surface area contributed by atoms with Crippen LogP contribution in [0, 0.1) is 17.8 Å². The van der Waals surface area contributed by atoms with Crippen molar-refractivity contribution in [2.75, 3.05) is 0 Å². The Bertz CT molecular complexity index is 168. The van der Waals surface area contributed by atoms with Gasteiger partial charge in [0, 0.05) is 12.1 Å². The molecule has 0 bridgehead atoms. The molecule has 2 saturated carbocycles. The molecular weight excluding hydrogens is 158 g/mol. The highest BCUT2D eigenvalue weighted by molar-refractivity contribution is 4.95. The van der Waals surface area contributed by atoms with Crippen LogP contribution in [0.3, 0.4) is 0 Å². The van der Waals surface area contributed by atoms with E-state index >= 15 is 0 Å². The average Bonchev–Trinajstić information content (AvgIpc) is 2.75. The van der Waals surface area contributed by atoms with Crippen molar-refractivity contribution in [3.8, 4) is 0 Å². The first kappa shape index (κ1) is 9.51. The Morgan fingerprint density at radius 2 is 1.46 bits per heavy atom. The molecule has 0 heterocycles. The van der Waals surface area contributed by atoms with E-state index in [9.17, 15) is 0 Å². The molecule has 0 aromatic heterocycles. The molecule has 0 radical (unpaired) electrons. The predicted molar refractivity (Wildman–Crippen MR) is 56.7 cm³/mol. The molecule has 2 aliphatic carbocycles. The first-order valence-corrected chi connectivity index (χ1v) is 5.94. The molecule has 0 amide bonds. The molecule has 0 aromatic rings. The Balaban J connectivity index is 1.86. The fourth-order valence-electron chi connectivity index (χ4n) is 2.81. The van der Waals surface area contributed by atoms with Crippen LogP contribution in [0.2, 0.25) is 0 Å². The van der Waals surface area contributed by atoms with E-state index in [4.69, 9.17) is 0 Å². The quantitative estimate of drug-likeness (QED) is 0.690. The molecule has 13 heavy (non-hydrogen) atoms. The monoisotopic (exact) mass is 181 g/mol. The van der Waals surface area contributed by atoms with Crippen molar-refractivity contribution in [2.24, 2.45) is 17.8 Å². The number of hydrogen-bond donors (Lipinski definition) is 1. The Labute approximate surface area is 82.3 Å². The normalized spacial score (nSPS) is 50.5. The van der Waals surface area contributed by atoms with Crippen LogP contribution >= 0.6 is 0 Å². The van der Waals surface area contributed by atoms with Crippen molar-refractivity contribution in [3.05, 3.63) is 0 Å². The van der Waals surface area contributed by atoms with Gasteiger partial charge in [0.2, 0.25) is 0 Å². The molecule has 0 spiro atoms. The summed E-state index contributed by atoms with van der Waals surface area (Å²) in [5, 5.41) is 3.84. The van der Waals surface area contributed by atoms with Gasteiger partial charge in [0.1, 0.15) is 0 Å². The Hall–Kier alpha value is -0.0400. The summed E-state index contributed by atoms with van der Waals surface area (Å²) in [5.41, 5.74) is 0. The second-order valence-corrected chi connectivity index (χ2v) is 5.40. The van der Waals surface area contributed by atoms with E-state index in [0.29, 0.717) is 0 Å². The lowest BCUT2D eigenvalue weighted by Gasteiger charge is -2.35. The maximum Gasteiger partial charge on any atom is 0.0121 e. The fraction of sp³-hybridized carbons (Fsp3) is 1.00. The van der Waals surface area contributed by atoms with Gasteiger partial charge in [-0.1, -0.05) is 27.2 Å². The molecule has 1 heteroatoms. The van der Waals surface area contributed by atoms with Gasteiger partial charge in [-0.15, -0.1) is 0 Å². The summed E-state index contributed by atoms with van der Waals surface area (Å²) in [5.74, 6) is 2.74. The third-order valence-corrected chi connectivity index (χ3v) is 4.06. The second kappa shape index (κ2) is 3.61. The SMILES string of the molecule is CC1CC1NC1C(C)CCCC1C. The van der Waals surface area contributed by atoms with Gasteiger partial charge in [-0.25, -0.2) is 0 Å². The topological polar surface area (TPSA) is 12.0 Å². The molecule has 4 unspecified atom stereocenters. The van der Waals surface area contributed by atoms with E-state index in [0.717, 1.165) is 29.8 Å². The van der Waals surface area contributed by atoms with E-state index < -0.39 is 0 Å². The molecule has 4 atom stereocenters. The van der Waals surface area contributed by atoms with E-state index in [1.807, 2.05) is 0 Å². The van der Waals surface area contributed by atoms with Crippen LogP contribution in [0.5, 0.6) is 0 Å². The van der Waals surface area contributed by atoms with E-state index in [2.05, 4.69) is 26.1 Å². The Morgan fingerprint density at radius 1 is 0.923 bits per heavy atom. The summed E-state index contributed by atoms with van der Waals surface area (Å²) in [6.07, 6.45) is 5.73. The first-order valence-electron chi connectivity index (χ1n) is 5.94. The zero-order chi connectivity index (χ0) is 9.42. The zero-order valence-electron chi connectivity index (χ0n) is 9.22. The van der Waals surface area contributed by atoms with Crippen LogP contribution < -0.4 is 5.32 Å². The fourth-order valence-corrected chi connectivity index (χ4v) is 2.81. The van der Waals surface area contributed by atoms with Crippen molar-refractivity contribution in [2.45, 2.75) is 58.5 Å². The van der Waals surface area contributed by atoms with Gasteiger partial charge < -0.3 is 5.32 Å². The summed E-state index contributed by atoms with van der Waals surface area (Å²) >= 11 is 0. The van der Waals surface area contributed by atoms with Crippen LogP contribution in [-0.2, 0) is 0 Å². The molecule has 0 aromatic carbocycles. The second-order valence-electron chi connectivity index (χ2n) is 5.40. The van der Waals surface area contributed by atoms with Crippen LogP contribution in [0.4, 0.5) is 0 Å². The van der Waals surface area contributed by atoms with Crippen molar-refractivity contribution < 1.29 is 0 Å². The third-order valence-electron chi connectivity index (χ3n) is 4.06. The minimum Gasteiger partial charge on any atom is -0.310 e. The lowest BCUT2D eigenvalue weighted by Crippen LogP contribution is -2.44. The van der Waals surface area contributed by atoms with E-state index in [1.54, 1.807) is 0 Å². The number of nitrogens with one attached hydrogen (secondary N) is 1. The van der Waals surface area contributed by atoms with Crippen molar-refractivity contribution >= 4 is 0 Å². The van der Waals surface area contributed by atoms with Gasteiger partial charge >= 0.3 is 0 Å². The van der Waals surface area contributed by atoms with Gasteiger partial charge in [-0.3, -0.25) is 0 Å². The molecule has 1 nitrogen and oxygen atoms in total. The summed E-state index contributed by atoms with van der Waals surface area (Å²) in [7, 11) is 0. The zero-order valence-corrected chi connectivity index (χ0v) is 9.22. The van der Waals surface area contributed by atoms with Crippen LogP contribution in [0.25, 0.3) is 0 Å². The lowest BCUT2D eigenvalue weighted by molar-refractivity contribution is 0.205. The average molecular weight is 181 g/mol. The van der Waals surface area contributed by atoms with Gasteiger partial charge in [0.15, 0.2) is 0 Å². The highest BCUT2D eigenvalue weighted by Gasteiger charge is 2.37. The number of rotatable bonds is 2. The molecular formula is C12H23N. The van der Waals surface area contributed by atoms with Crippen LogP contribution in [0.1, 0.15) is 46.5 Å². The molecule has 2 aliphatic rings. The molecule has 2 fully saturated rings. The third kappa shape index (κ3) is 2.07. The maximum absolute atomic E-state index is 3.84. The van der Waals surface area contributed by atoms with Crippen LogP contribution in [-0.4, -0.2) is 12.1 Å². The maximum atomic E-state index is 3.84. The molecule has 76 valence electrons. The first-order chi connectivity index (χ1) is 6.18. The van der Waals surface area contributed by atoms with Gasteiger partial charge in [-0.2, -0.15) is 0 Å². The summed E-state index contributed by atoms with van der Waals surface area (Å²) in [6, 6.07) is 1.66. The molecule has 1 N–H and O–H groups in total. The van der Waals surface area contributed by atoms with Crippen molar-refractivity contribution in [1.29, 1.82) is 0 Å². The molecule has 0 saturated heterocycles. The van der Waals surface area contributed by atoms with E-state index in [-0.39, 0.29) is 0 Å². The smallest absolute Gasteiger partial charge is 0.0121 e. The highest BCUT2D eigenvalue weighted by Crippen LogP contribution is 2.35. The van der Waals surface area contributed by atoms with Gasteiger partial charge in [0.25, 0.3) is 0 Å². The van der Waals surface area contributed by atoms with Gasteiger partial charge in [0.05, 0.1) is 0 Å². The predicted octanol–water partition coefficient (Wildman–Crippen LogP) is 2.81. The lowest BCUT2D eigenvalue weighted by atomic mass is 9.78. The summed E-state index contributed by atoms with van der Waals surface area (Å²) < 4.78 is 0. The minimum absolute atomic E-state index is 0.809. The Morgan fingerprint density at radius 3 is 1.92 bits per heavy atom. The number of hydrogen-bond acceptors (Lipinski definition) is 1. The standard InChI is InChI=1S/C12H23N/c1-8-5-4-6-9(2)12(8)13-11-7-10(11)3/h8-13H,4-7H2,1-3H3. The Kier molecular flexibility index (Phi) is 2.64. The minimum atomic E-state index is 0.809. The van der Waals surface area contributed by atoms with Crippen LogP contribution in [0.15, 0.2) is 0 Å². The van der Waals surface area contributed by atoms with E-state index in [1.165, 1.54) is 25.7 Å². The van der Waals surface area contributed by atoms with Crippen molar-refractivity contribution in [1.82, 2.24) is 5.32 Å². The summed E-state index contributed by atoms with van der Waals surface area (Å²) in [6.45, 7) is 7.19. The highest BCUT2D eigenvalue weighted by atomic mass is 15.0. The summed E-state index contributed by atoms with van der Waals surface area (Å²) in [4.78, 5) is 0. The molecule has 2 rings (SSSR count). The van der Waals surface area contributed by atoms with Crippen molar-refractivity contribution in [3.63, 3.8) is 0 Å². The van der Waals surface area contributed by atoms with Gasteiger partial charge in [-0.05, 0) is 37.0 Å². The molecule has 0 aliphatic heterocycles. The largest absolute Gasteiger partial charge is 0.310 e.